The molecule has 19 heavy (non-hydrogen) atoms. The molecule has 1 aliphatic rings. The minimum Gasteiger partial charge on any atom is -0.399 e. The predicted octanol–water partition coefficient (Wildman–Crippen LogP) is 3.07. The van der Waals surface area contributed by atoms with Gasteiger partial charge in [-0.05, 0) is 66.6 Å². The molecule has 0 saturated heterocycles. The zero-order valence-corrected chi connectivity index (χ0v) is 11.4. The van der Waals surface area contributed by atoms with Gasteiger partial charge in [-0.15, -0.1) is 0 Å². The van der Waals surface area contributed by atoms with E-state index in [-0.39, 0.29) is 0 Å². The standard InChI is InChI=1S/C17H19NO/c1-11-4-3-5-15(12(11)2)17(19)9-8-13-10-14(18)6-7-16(13)17/h3-7,10,19H,8-9,18H2,1-2H3. The third kappa shape index (κ3) is 1.75. The predicted molar refractivity (Wildman–Crippen MR) is 78.1 cm³/mol. The topological polar surface area (TPSA) is 46.2 Å². The second kappa shape index (κ2) is 4.10. The van der Waals surface area contributed by atoms with Gasteiger partial charge in [0.05, 0.1) is 0 Å². The maximum atomic E-state index is 11.2. The molecule has 3 N–H and O–H groups in total. The Labute approximate surface area is 113 Å². The van der Waals surface area contributed by atoms with Crippen molar-refractivity contribution in [2.24, 2.45) is 0 Å². The number of aliphatic hydroxyl groups is 1. The summed E-state index contributed by atoms with van der Waals surface area (Å²) in [6.45, 7) is 4.17. The number of benzene rings is 2. The third-order valence-electron chi connectivity index (χ3n) is 4.38. The van der Waals surface area contributed by atoms with Crippen LogP contribution in [0.25, 0.3) is 0 Å². The Morgan fingerprint density at radius 2 is 1.89 bits per heavy atom. The first-order valence-corrected chi connectivity index (χ1v) is 6.70. The molecule has 2 heteroatoms. The molecule has 0 fully saturated rings. The summed E-state index contributed by atoms with van der Waals surface area (Å²) in [5.41, 5.74) is 11.3. The van der Waals surface area contributed by atoms with E-state index in [0.717, 1.165) is 29.7 Å². The highest BCUT2D eigenvalue weighted by Crippen LogP contribution is 2.43. The minimum atomic E-state index is -0.862. The van der Waals surface area contributed by atoms with Gasteiger partial charge in [-0.2, -0.15) is 0 Å². The Hall–Kier alpha value is -1.80. The lowest BCUT2D eigenvalue weighted by molar-refractivity contribution is 0.0822. The summed E-state index contributed by atoms with van der Waals surface area (Å²) < 4.78 is 0. The highest BCUT2D eigenvalue weighted by molar-refractivity contribution is 5.54. The van der Waals surface area contributed by atoms with Crippen LogP contribution in [0.1, 0.15) is 34.2 Å². The molecule has 1 atom stereocenters. The van der Waals surface area contributed by atoms with Gasteiger partial charge in [-0.3, -0.25) is 0 Å². The molecule has 98 valence electrons. The van der Waals surface area contributed by atoms with Crippen molar-refractivity contribution < 1.29 is 5.11 Å². The highest BCUT2D eigenvalue weighted by Gasteiger charge is 2.39. The molecule has 0 aromatic heterocycles. The van der Waals surface area contributed by atoms with Gasteiger partial charge in [0.25, 0.3) is 0 Å². The van der Waals surface area contributed by atoms with Crippen molar-refractivity contribution in [3.8, 4) is 0 Å². The molecule has 0 radical (unpaired) electrons. The van der Waals surface area contributed by atoms with Gasteiger partial charge in [-0.25, -0.2) is 0 Å². The fraction of sp³-hybridized carbons (Fsp3) is 0.294. The van der Waals surface area contributed by atoms with Crippen LogP contribution in [0.15, 0.2) is 36.4 Å². The van der Waals surface area contributed by atoms with E-state index in [1.54, 1.807) is 0 Å². The molecule has 0 saturated carbocycles. The van der Waals surface area contributed by atoms with E-state index in [0.29, 0.717) is 0 Å². The van der Waals surface area contributed by atoms with E-state index in [4.69, 9.17) is 5.73 Å². The molecular weight excluding hydrogens is 234 g/mol. The van der Waals surface area contributed by atoms with E-state index >= 15 is 0 Å². The van der Waals surface area contributed by atoms with Crippen LogP contribution in [0.5, 0.6) is 0 Å². The van der Waals surface area contributed by atoms with Crippen molar-refractivity contribution in [3.05, 3.63) is 64.2 Å². The summed E-state index contributed by atoms with van der Waals surface area (Å²) in [6.07, 6.45) is 1.61. The van der Waals surface area contributed by atoms with Gasteiger partial charge in [-0.1, -0.05) is 24.3 Å². The minimum absolute atomic E-state index is 0.732. The molecule has 0 aliphatic heterocycles. The van der Waals surface area contributed by atoms with E-state index in [1.807, 2.05) is 30.3 Å². The van der Waals surface area contributed by atoms with Gasteiger partial charge in [0.1, 0.15) is 5.60 Å². The number of hydrogen-bond donors (Lipinski definition) is 2. The second-order valence-electron chi connectivity index (χ2n) is 5.52. The van der Waals surface area contributed by atoms with Gasteiger partial charge in [0.2, 0.25) is 0 Å². The van der Waals surface area contributed by atoms with Crippen LogP contribution in [0, 0.1) is 13.8 Å². The summed E-state index contributed by atoms with van der Waals surface area (Å²) in [6, 6.07) is 12.0. The van der Waals surface area contributed by atoms with Crippen LogP contribution < -0.4 is 5.73 Å². The van der Waals surface area contributed by atoms with Crippen molar-refractivity contribution in [2.75, 3.05) is 5.73 Å². The van der Waals surface area contributed by atoms with Crippen molar-refractivity contribution >= 4 is 5.69 Å². The molecular formula is C17H19NO. The van der Waals surface area contributed by atoms with E-state index in [2.05, 4.69) is 19.9 Å². The summed E-state index contributed by atoms with van der Waals surface area (Å²) in [4.78, 5) is 0. The average Bonchev–Trinajstić information content (AvgIpc) is 2.71. The summed E-state index contributed by atoms with van der Waals surface area (Å²) in [5.74, 6) is 0. The normalized spacial score (nSPS) is 21.4. The second-order valence-corrected chi connectivity index (χ2v) is 5.52. The van der Waals surface area contributed by atoms with Crippen molar-refractivity contribution in [1.29, 1.82) is 0 Å². The maximum Gasteiger partial charge on any atom is 0.115 e. The zero-order chi connectivity index (χ0) is 13.6. The Kier molecular flexibility index (Phi) is 2.64. The van der Waals surface area contributed by atoms with Gasteiger partial charge in [0, 0.05) is 5.69 Å². The van der Waals surface area contributed by atoms with Gasteiger partial charge in [0.15, 0.2) is 0 Å². The number of rotatable bonds is 1. The quantitative estimate of drug-likeness (QED) is 0.767. The smallest absolute Gasteiger partial charge is 0.115 e. The molecule has 2 nitrogen and oxygen atoms in total. The molecule has 2 aromatic rings. The summed E-state index contributed by atoms with van der Waals surface area (Å²) in [5, 5.41) is 11.2. The number of fused-ring (bicyclic) bond motifs is 1. The number of nitrogens with two attached hydrogens (primary N) is 1. The van der Waals surface area contributed by atoms with Gasteiger partial charge >= 0.3 is 0 Å². The fourth-order valence-electron chi connectivity index (χ4n) is 3.15. The van der Waals surface area contributed by atoms with Crippen LogP contribution in [0.2, 0.25) is 0 Å². The molecule has 3 rings (SSSR count). The largest absolute Gasteiger partial charge is 0.399 e. The van der Waals surface area contributed by atoms with Crippen LogP contribution in [-0.4, -0.2) is 5.11 Å². The number of hydrogen-bond acceptors (Lipinski definition) is 2. The molecule has 0 heterocycles. The van der Waals surface area contributed by atoms with Crippen LogP contribution >= 0.6 is 0 Å². The molecule has 2 aromatic carbocycles. The van der Waals surface area contributed by atoms with Crippen LogP contribution in [0.4, 0.5) is 5.69 Å². The Bertz CT molecular complexity index is 648. The lowest BCUT2D eigenvalue weighted by Gasteiger charge is -2.27. The molecule has 0 bridgehead atoms. The Morgan fingerprint density at radius 1 is 1.11 bits per heavy atom. The highest BCUT2D eigenvalue weighted by atomic mass is 16.3. The third-order valence-corrected chi connectivity index (χ3v) is 4.38. The van der Waals surface area contributed by atoms with Crippen molar-refractivity contribution in [2.45, 2.75) is 32.3 Å². The molecule has 1 unspecified atom stereocenters. The Morgan fingerprint density at radius 3 is 2.68 bits per heavy atom. The van der Waals surface area contributed by atoms with Crippen molar-refractivity contribution in [3.63, 3.8) is 0 Å². The first kappa shape index (κ1) is 12.2. The average molecular weight is 253 g/mol. The van der Waals surface area contributed by atoms with Crippen molar-refractivity contribution in [1.82, 2.24) is 0 Å². The molecule has 1 aliphatic carbocycles. The summed E-state index contributed by atoms with van der Waals surface area (Å²) in [7, 11) is 0. The number of nitrogen functional groups attached to an aromatic ring is 1. The lowest BCUT2D eigenvalue weighted by Crippen LogP contribution is -2.25. The van der Waals surface area contributed by atoms with E-state index < -0.39 is 5.60 Å². The van der Waals surface area contributed by atoms with Gasteiger partial charge < -0.3 is 10.8 Å². The Balaban J connectivity index is 2.19. The van der Waals surface area contributed by atoms with Crippen LogP contribution in [-0.2, 0) is 12.0 Å². The fourth-order valence-corrected chi connectivity index (χ4v) is 3.15. The zero-order valence-electron chi connectivity index (χ0n) is 11.4. The molecule has 0 amide bonds. The SMILES string of the molecule is Cc1cccc(C2(O)CCc3cc(N)ccc32)c1C. The monoisotopic (exact) mass is 253 g/mol. The van der Waals surface area contributed by atoms with E-state index in [1.165, 1.54) is 16.7 Å². The first-order chi connectivity index (χ1) is 9.02. The van der Waals surface area contributed by atoms with E-state index in [9.17, 15) is 5.11 Å². The first-order valence-electron chi connectivity index (χ1n) is 6.70. The number of aryl methyl sites for hydroxylation is 2. The van der Waals surface area contributed by atoms with Crippen LogP contribution in [0.3, 0.4) is 0 Å². The molecule has 0 spiro atoms. The number of anilines is 1. The summed E-state index contributed by atoms with van der Waals surface area (Å²) >= 11 is 0. The maximum absolute atomic E-state index is 11.2. The lowest BCUT2D eigenvalue weighted by atomic mass is 9.84.